The molecular weight excluding hydrogens is 607 g/mol. The van der Waals surface area contributed by atoms with E-state index < -0.39 is 52.6 Å². The lowest BCUT2D eigenvalue weighted by Crippen LogP contribution is -2.49. The number of rotatable bonds is 3. The second kappa shape index (κ2) is 10.1. The SMILES string of the molecule is CC12C(=O)N(c3ccc(F)c(Cl)c3)C(=O)C1CC1C(=CCC3C(=O)N(c4ccccc4)C(=O)C31)C2c1ccc(O)c2ccccc12. The smallest absolute Gasteiger partial charge is 0.241 e. The minimum Gasteiger partial charge on any atom is -0.507 e. The lowest BCUT2D eigenvalue weighted by atomic mass is 9.51. The third-order valence-electron chi connectivity index (χ3n) is 10.7. The number of fused-ring (bicyclic) bond motifs is 5. The monoisotopic (exact) mass is 634 g/mol. The average Bonchev–Trinajstić information content (AvgIpc) is 3.43. The van der Waals surface area contributed by atoms with Gasteiger partial charge >= 0.3 is 0 Å². The highest BCUT2D eigenvalue weighted by atomic mass is 35.5. The second-order valence-electron chi connectivity index (χ2n) is 12.8. The topological polar surface area (TPSA) is 95.0 Å². The van der Waals surface area contributed by atoms with Gasteiger partial charge in [-0.15, -0.1) is 0 Å². The number of amides is 4. The lowest BCUT2D eigenvalue weighted by Gasteiger charge is -2.49. The molecule has 4 aromatic carbocycles. The van der Waals surface area contributed by atoms with Crippen molar-refractivity contribution in [3.05, 3.63) is 113 Å². The molecule has 6 atom stereocenters. The fourth-order valence-corrected chi connectivity index (χ4v) is 8.79. The summed E-state index contributed by atoms with van der Waals surface area (Å²) in [4.78, 5) is 59.4. The summed E-state index contributed by atoms with van der Waals surface area (Å²) in [6, 6.07) is 23.3. The standard InChI is InChI=1S/C37H28ClFN2O5/c1-37-27(34(44)41(36(37)46)20-11-15-29(39)28(38)17-20)18-26-24(32(37)23-14-16-30(42)22-10-6-5-9-21(22)23)12-13-25-31(26)35(45)40(33(25)43)19-7-3-2-4-8-19/h2-12,14-17,25-27,31-32,42H,13,18H2,1H3. The first-order valence-electron chi connectivity index (χ1n) is 15.3. The number of para-hydroxylation sites is 1. The molecule has 1 N–H and O–H groups in total. The maximum absolute atomic E-state index is 14.7. The van der Waals surface area contributed by atoms with Gasteiger partial charge in [-0.2, -0.15) is 0 Å². The zero-order valence-electron chi connectivity index (χ0n) is 24.7. The van der Waals surface area contributed by atoms with Gasteiger partial charge in [0.1, 0.15) is 11.6 Å². The molecule has 4 aliphatic rings. The number of nitrogens with zero attached hydrogens (tertiary/aromatic N) is 2. The van der Waals surface area contributed by atoms with E-state index in [1.54, 1.807) is 49.4 Å². The zero-order valence-corrected chi connectivity index (χ0v) is 25.4. The Labute approximate surface area is 268 Å². The van der Waals surface area contributed by atoms with Crippen molar-refractivity contribution in [1.29, 1.82) is 0 Å². The van der Waals surface area contributed by atoms with E-state index in [0.29, 0.717) is 17.5 Å². The number of phenols is 1. The van der Waals surface area contributed by atoms with Crippen molar-refractivity contribution in [3.8, 4) is 5.75 Å². The molecule has 2 heterocycles. The molecule has 4 amide bonds. The largest absolute Gasteiger partial charge is 0.507 e. The molecule has 3 fully saturated rings. The number of hydrogen-bond acceptors (Lipinski definition) is 5. The molecule has 0 radical (unpaired) electrons. The van der Waals surface area contributed by atoms with E-state index in [1.807, 2.05) is 30.3 Å². The van der Waals surface area contributed by atoms with Crippen LogP contribution in [0.3, 0.4) is 0 Å². The number of phenolic OH excluding ortho intramolecular Hbond substituents is 1. The first-order chi connectivity index (χ1) is 22.1. The van der Waals surface area contributed by atoms with Crippen molar-refractivity contribution in [2.45, 2.75) is 25.7 Å². The van der Waals surface area contributed by atoms with Crippen LogP contribution in [0.25, 0.3) is 10.8 Å². The lowest BCUT2D eigenvalue weighted by molar-refractivity contribution is -0.131. The number of carbonyl (C=O) groups is 4. The Morgan fingerprint density at radius 3 is 2.26 bits per heavy atom. The fraction of sp³-hybridized carbons (Fsp3) is 0.243. The molecule has 7 nitrogen and oxygen atoms in total. The van der Waals surface area contributed by atoms with Gasteiger partial charge in [0, 0.05) is 11.3 Å². The summed E-state index contributed by atoms with van der Waals surface area (Å²) in [7, 11) is 0. The van der Waals surface area contributed by atoms with Crippen molar-refractivity contribution in [2.24, 2.45) is 29.1 Å². The van der Waals surface area contributed by atoms with Crippen molar-refractivity contribution < 1.29 is 28.7 Å². The summed E-state index contributed by atoms with van der Waals surface area (Å²) in [5.74, 6) is -5.38. The molecule has 6 unspecified atom stereocenters. The number of benzene rings is 4. The summed E-state index contributed by atoms with van der Waals surface area (Å²) in [6.45, 7) is 1.79. The molecule has 0 aromatic heterocycles. The van der Waals surface area contributed by atoms with Gasteiger partial charge in [0.25, 0.3) is 0 Å². The van der Waals surface area contributed by atoms with Crippen LogP contribution in [0.15, 0.2) is 96.6 Å². The Bertz CT molecular complexity index is 2050. The molecule has 2 aliphatic carbocycles. The van der Waals surface area contributed by atoms with Crippen LogP contribution in [0.5, 0.6) is 5.75 Å². The highest BCUT2D eigenvalue weighted by molar-refractivity contribution is 6.32. The van der Waals surface area contributed by atoms with Gasteiger partial charge in [-0.1, -0.05) is 71.8 Å². The second-order valence-corrected chi connectivity index (χ2v) is 13.2. The quantitative estimate of drug-likeness (QED) is 0.198. The van der Waals surface area contributed by atoms with Crippen LogP contribution in [-0.4, -0.2) is 28.7 Å². The van der Waals surface area contributed by atoms with E-state index in [0.717, 1.165) is 27.5 Å². The first-order valence-corrected chi connectivity index (χ1v) is 15.7. The number of anilines is 2. The van der Waals surface area contributed by atoms with E-state index in [2.05, 4.69) is 0 Å². The average molecular weight is 635 g/mol. The molecule has 2 aliphatic heterocycles. The van der Waals surface area contributed by atoms with Gasteiger partial charge in [0.15, 0.2) is 0 Å². The van der Waals surface area contributed by atoms with Crippen LogP contribution in [0.2, 0.25) is 5.02 Å². The van der Waals surface area contributed by atoms with Crippen LogP contribution in [-0.2, 0) is 19.2 Å². The normalized spacial score (nSPS) is 28.8. The van der Waals surface area contributed by atoms with E-state index in [9.17, 15) is 28.7 Å². The Morgan fingerprint density at radius 1 is 0.804 bits per heavy atom. The highest BCUT2D eigenvalue weighted by Gasteiger charge is 2.67. The molecular formula is C37H28ClFN2O5. The molecule has 1 saturated carbocycles. The highest BCUT2D eigenvalue weighted by Crippen LogP contribution is 2.64. The number of carbonyl (C=O) groups excluding carboxylic acids is 4. The third kappa shape index (κ3) is 3.76. The van der Waals surface area contributed by atoms with Crippen LogP contribution in [0, 0.1) is 34.9 Å². The fourth-order valence-electron chi connectivity index (χ4n) is 8.62. The minimum absolute atomic E-state index is 0.0811. The van der Waals surface area contributed by atoms with Crippen LogP contribution in [0.4, 0.5) is 15.8 Å². The van der Waals surface area contributed by atoms with Gasteiger partial charge in [-0.25, -0.2) is 9.29 Å². The van der Waals surface area contributed by atoms with Gasteiger partial charge in [-0.05, 0) is 73.0 Å². The van der Waals surface area contributed by atoms with E-state index in [1.165, 1.54) is 17.0 Å². The molecule has 8 rings (SSSR count). The maximum Gasteiger partial charge on any atom is 0.241 e. The Balaban J connectivity index is 1.32. The number of imide groups is 2. The molecule has 0 bridgehead atoms. The number of allylic oxidation sites excluding steroid dienone is 2. The third-order valence-corrected chi connectivity index (χ3v) is 11.0. The molecule has 230 valence electrons. The van der Waals surface area contributed by atoms with Crippen LogP contribution < -0.4 is 9.80 Å². The Hall–Kier alpha value is -4.82. The maximum atomic E-state index is 14.7. The summed E-state index contributed by atoms with van der Waals surface area (Å²) in [6.07, 6.45) is 2.50. The van der Waals surface area contributed by atoms with Crippen molar-refractivity contribution in [2.75, 3.05) is 9.80 Å². The zero-order chi connectivity index (χ0) is 32.1. The molecule has 2 saturated heterocycles. The van der Waals surface area contributed by atoms with Gasteiger partial charge < -0.3 is 5.11 Å². The van der Waals surface area contributed by atoms with Gasteiger partial charge in [-0.3, -0.25) is 24.1 Å². The molecule has 4 aromatic rings. The van der Waals surface area contributed by atoms with Gasteiger partial charge in [0.2, 0.25) is 23.6 Å². The van der Waals surface area contributed by atoms with Crippen molar-refractivity contribution in [3.63, 3.8) is 0 Å². The number of aromatic hydroxyl groups is 1. The Kier molecular flexibility index (Phi) is 6.28. The predicted octanol–water partition coefficient (Wildman–Crippen LogP) is 6.77. The summed E-state index contributed by atoms with van der Waals surface area (Å²) < 4.78 is 14.2. The Morgan fingerprint density at radius 2 is 1.52 bits per heavy atom. The van der Waals surface area contributed by atoms with E-state index in [4.69, 9.17) is 11.6 Å². The van der Waals surface area contributed by atoms with E-state index >= 15 is 0 Å². The summed E-state index contributed by atoms with van der Waals surface area (Å²) >= 11 is 6.10. The molecule has 46 heavy (non-hydrogen) atoms. The van der Waals surface area contributed by atoms with Gasteiger partial charge in [0.05, 0.1) is 39.6 Å². The summed E-state index contributed by atoms with van der Waals surface area (Å²) in [5.41, 5.74) is 0.960. The summed E-state index contributed by atoms with van der Waals surface area (Å²) in [5, 5.41) is 11.9. The minimum atomic E-state index is -1.29. The van der Waals surface area contributed by atoms with Crippen molar-refractivity contribution in [1.82, 2.24) is 0 Å². The van der Waals surface area contributed by atoms with E-state index in [-0.39, 0.29) is 34.7 Å². The van der Waals surface area contributed by atoms with Crippen LogP contribution >= 0.6 is 11.6 Å². The number of hydrogen-bond donors (Lipinski definition) is 1. The number of halogens is 2. The molecule has 0 spiro atoms. The first kappa shape index (κ1) is 28.6. The van der Waals surface area contributed by atoms with Crippen molar-refractivity contribution >= 4 is 57.4 Å². The van der Waals surface area contributed by atoms with Crippen LogP contribution in [0.1, 0.15) is 31.2 Å². The predicted molar refractivity (Wildman–Crippen MR) is 171 cm³/mol. The molecule has 9 heteroatoms.